The summed E-state index contributed by atoms with van der Waals surface area (Å²) in [6, 6.07) is 8.71. The molecule has 2 atom stereocenters. The normalized spacial score (nSPS) is 18.0. The van der Waals surface area contributed by atoms with Gasteiger partial charge in [-0.25, -0.2) is 13.2 Å². The molecule has 0 aliphatic carbocycles. The number of amidine groups is 1. The third-order valence-corrected chi connectivity index (χ3v) is 5.40. The summed E-state index contributed by atoms with van der Waals surface area (Å²) in [6.07, 6.45) is 0.443. The van der Waals surface area contributed by atoms with Gasteiger partial charge in [0, 0.05) is 5.56 Å². The Morgan fingerprint density at radius 3 is 2.68 bits per heavy atom. The average Bonchev–Trinajstić information content (AvgIpc) is 3.26. The summed E-state index contributed by atoms with van der Waals surface area (Å²) in [4.78, 5) is 28.5. The van der Waals surface area contributed by atoms with Gasteiger partial charge in [-0.3, -0.25) is 14.5 Å². The van der Waals surface area contributed by atoms with Crippen LogP contribution in [0.15, 0.2) is 57.0 Å². The van der Waals surface area contributed by atoms with E-state index in [0.717, 1.165) is 0 Å². The fraction of sp³-hybridized carbons (Fsp3) is 0.278. The molecule has 9 nitrogen and oxygen atoms in total. The molecule has 1 aromatic carbocycles. The van der Waals surface area contributed by atoms with E-state index >= 15 is 0 Å². The number of rotatable bonds is 6. The van der Waals surface area contributed by atoms with E-state index in [2.05, 4.69) is 15.0 Å². The predicted octanol–water partition coefficient (Wildman–Crippen LogP) is 0.955. The summed E-state index contributed by atoms with van der Waals surface area (Å²) in [5, 5.41) is 2.59. The Kier molecular flexibility index (Phi) is 5.50. The molecule has 10 heteroatoms. The van der Waals surface area contributed by atoms with Crippen molar-refractivity contribution in [2.45, 2.75) is 37.4 Å². The van der Waals surface area contributed by atoms with Gasteiger partial charge in [0.25, 0.3) is 15.9 Å². The van der Waals surface area contributed by atoms with Gasteiger partial charge in [0.15, 0.2) is 6.10 Å². The van der Waals surface area contributed by atoms with Crippen molar-refractivity contribution in [3.63, 3.8) is 0 Å². The number of furan rings is 1. The first-order chi connectivity index (χ1) is 13.3. The lowest BCUT2D eigenvalue weighted by molar-refractivity contribution is -0.155. The molecule has 0 unspecified atom stereocenters. The number of carbonyl (C=O) groups excluding carboxylic acids is 2. The lowest BCUT2D eigenvalue weighted by Crippen LogP contribution is -2.37. The van der Waals surface area contributed by atoms with Gasteiger partial charge < -0.3 is 14.5 Å². The maximum Gasteiger partial charge on any atom is 0.331 e. The molecule has 1 aliphatic rings. The lowest BCUT2D eigenvalue weighted by atomic mass is 10.2. The van der Waals surface area contributed by atoms with Crippen LogP contribution in [0.5, 0.6) is 0 Å². The lowest BCUT2D eigenvalue weighted by Gasteiger charge is -2.15. The van der Waals surface area contributed by atoms with Crippen molar-refractivity contribution in [3.05, 3.63) is 54.0 Å². The van der Waals surface area contributed by atoms with Crippen LogP contribution in [0.1, 0.15) is 25.2 Å². The number of ether oxygens (including phenoxy) is 1. The fourth-order valence-corrected chi connectivity index (χ4v) is 3.77. The maximum atomic E-state index is 12.2. The molecule has 1 amide bonds. The molecule has 0 radical (unpaired) electrons. The SMILES string of the molecule is C[C@H](N=C1NS(=O)(=O)c2ccccc21)C(=O)O[C@H](C)C(=O)NCc1ccco1. The second kappa shape index (κ2) is 7.85. The summed E-state index contributed by atoms with van der Waals surface area (Å²) in [6.45, 7) is 3.06. The van der Waals surface area contributed by atoms with Crippen molar-refractivity contribution in [3.8, 4) is 0 Å². The molecule has 0 saturated heterocycles. The first-order valence-electron chi connectivity index (χ1n) is 8.48. The molecule has 0 bridgehead atoms. The molecule has 148 valence electrons. The molecule has 1 aromatic heterocycles. The average molecular weight is 405 g/mol. The number of aliphatic imine (C=N–C) groups is 1. The molecule has 2 aromatic rings. The zero-order valence-electron chi connectivity index (χ0n) is 15.2. The van der Waals surface area contributed by atoms with E-state index < -0.39 is 34.0 Å². The van der Waals surface area contributed by atoms with Gasteiger partial charge in [-0.1, -0.05) is 12.1 Å². The Bertz CT molecular complexity index is 1010. The number of fused-ring (bicyclic) bond motifs is 1. The van der Waals surface area contributed by atoms with Crippen LogP contribution in [-0.2, 0) is 30.9 Å². The largest absolute Gasteiger partial charge is 0.467 e. The number of nitrogens with zero attached hydrogens (tertiary/aromatic N) is 1. The number of esters is 1. The maximum absolute atomic E-state index is 12.2. The highest BCUT2D eigenvalue weighted by atomic mass is 32.2. The van der Waals surface area contributed by atoms with E-state index in [1.807, 2.05) is 0 Å². The molecule has 2 N–H and O–H groups in total. The Balaban J connectivity index is 1.62. The number of amides is 1. The molecule has 28 heavy (non-hydrogen) atoms. The third-order valence-electron chi connectivity index (χ3n) is 4.01. The van der Waals surface area contributed by atoms with Crippen molar-refractivity contribution in [2.75, 3.05) is 0 Å². The van der Waals surface area contributed by atoms with Crippen LogP contribution in [0, 0.1) is 0 Å². The first-order valence-corrected chi connectivity index (χ1v) is 9.97. The molecule has 1 aliphatic heterocycles. The van der Waals surface area contributed by atoms with E-state index in [1.165, 1.54) is 26.2 Å². The van der Waals surface area contributed by atoms with E-state index in [9.17, 15) is 18.0 Å². The Labute approximate surface area is 161 Å². The molecule has 0 spiro atoms. The number of sulfonamides is 1. The molecular formula is C18H19N3O6S. The van der Waals surface area contributed by atoms with E-state index in [-0.39, 0.29) is 17.3 Å². The topological polar surface area (TPSA) is 127 Å². The Hall–Kier alpha value is -3.14. The van der Waals surface area contributed by atoms with Crippen molar-refractivity contribution in [1.82, 2.24) is 10.0 Å². The summed E-state index contributed by atoms with van der Waals surface area (Å²) < 4.78 is 36.7. The van der Waals surface area contributed by atoms with Crippen LogP contribution in [0.2, 0.25) is 0 Å². The minimum atomic E-state index is -3.70. The highest BCUT2D eigenvalue weighted by molar-refractivity contribution is 7.90. The first kappa shape index (κ1) is 19.6. The predicted molar refractivity (Wildman–Crippen MR) is 98.9 cm³/mol. The Morgan fingerprint density at radius 1 is 1.21 bits per heavy atom. The summed E-state index contributed by atoms with van der Waals surface area (Å²) in [5.74, 6) is -0.609. The summed E-state index contributed by atoms with van der Waals surface area (Å²) in [5.41, 5.74) is 0.381. The van der Waals surface area contributed by atoms with E-state index in [0.29, 0.717) is 11.3 Å². The number of nitrogens with one attached hydrogen (secondary N) is 2. The van der Waals surface area contributed by atoms with Crippen molar-refractivity contribution >= 4 is 27.7 Å². The van der Waals surface area contributed by atoms with Crippen LogP contribution in [0.25, 0.3) is 0 Å². The van der Waals surface area contributed by atoms with Gasteiger partial charge in [0.2, 0.25) is 0 Å². The highest BCUT2D eigenvalue weighted by Gasteiger charge is 2.31. The van der Waals surface area contributed by atoms with Gasteiger partial charge >= 0.3 is 5.97 Å². The smallest absolute Gasteiger partial charge is 0.331 e. The summed E-state index contributed by atoms with van der Waals surface area (Å²) >= 11 is 0. The van der Waals surface area contributed by atoms with Crippen LogP contribution in [0.3, 0.4) is 0 Å². The molecule has 3 rings (SSSR count). The molecular weight excluding hydrogens is 386 g/mol. The molecule has 0 saturated carbocycles. The quantitative estimate of drug-likeness (QED) is 0.689. The monoisotopic (exact) mass is 405 g/mol. The van der Waals surface area contributed by atoms with Crippen molar-refractivity contribution < 1.29 is 27.2 Å². The van der Waals surface area contributed by atoms with E-state index in [4.69, 9.17) is 9.15 Å². The number of hydrogen-bond donors (Lipinski definition) is 2. The van der Waals surface area contributed by atoms with Crippen LogP contribution in [0.4, 0.5) is 0 Å². The standard InChI is InChI=1S/C18H19N3O6S/c1-11(20-16-14-7-3-4-8-15(14)28(24,25)21-16)18(23)27-12(2)17(22)19-10-13-6-5-9-26-13/h3-9,11-12H,10H2,1-2H3,(H,19,22)(H,20,21)/t11-,12+/m0/s1. The van der Waals surface area contributed by atoms with Crippen molar-refractivity contribution in [1.29, 1.82) is 0 Å². The summed E-state index contributed by atoms with van der Waals surface area (Å²) in [7, 11) is -3.70. The molecule has 0 fully saturated rings. The van der Waals surface area contributed by atoms with Crippen LogP contribution in [-0.4, -0.2) is 38.3 Å². The zero-order chi connectivity index (χ0) is 20.3. The fourth-order valence-electron chi connectivity index (χ4n) is 2.53. The van der Waals surface area contributed by atoms with Gasteiger partial charge in [0.1, 0.15) is 17.6 Å². The van der Waals surface area contributed by atoms with Gasteiger partial charge in [0.05, 0.1) is 17.7 Å². The minimum absolute atomic E-state index is 0.0648. The number of carbonyl (C=O) groups is 2. The second-order valence-corrected chi connectivity index (χ2v) is 7.78. The van der Waals surface area contributed by atoms with Gasteiger partial charge in [-0.2, -0.15) is 0 Å². The third kappa shape index (κ3) is 4.22. The van der Waals surface area contributed by atoms with Crippen LogP contribution < -0.4 is 10.0 Å². The minimum Gasteiger partial charge on any atom is -0.467 e. The number of hydrogen-bond acceptors (Lipinski definition) is 7. The molecule has 2 heterocycles. The zero-order valence-corrected chi connectivity index (χ0v) is 16.0. The number of benzene rings is 1. The second-order valence-electron chi connectivity index (χ2n) is 6.13. The Morgan fingerprint density at radius 2 is 1.96 bits per heavy atom. The van der Waals surface area contributed by atoms with E-state index in [1.54, 1.807) is 30.3 Å². The van der Waals surface area contributed by atoms with Gasteiger partial charge in [-0.15, -0.1) is 0 Å². The van der Waals surface area contributed by atoms with Crippen LogP contribution >= 0.6 is 0 Å². The van der Waals surface area contributed by atoms with Crippen molar-refractivity contribution in [2.24, 2.45) is 4.99 Å². The van der Waals surface area contributed by atoms with Gasteiger partial charge in [-0.05, 0) is 38.1 Å². The highest BCUT2D eigenvalue weighted by Crippen LogP contribution is 2.22.